The van der Waals surface area contributed by atoms with Gasteiger partial charge in [0.2, 0.25) is 5.91 Å². The molecule has 1 fully saturated rings. The smallest absolute Gasteiger partial charge is 0.223 e. The Morgan fingerprint density at radius 2 is 1.95 bits per heavy atom. The lowest BCUT2D eigenvalue weighted by Gasteiger charge is -2.35. The van der Waals surface area contributed by atoms with Crippen molar-refractivity contribution in [3.05, 3.63) is 35.4 Å². The third kappa shape index (κ3) is 3.21. The van der Waals surface area contributed by atoms with Gasteiger partial charge in [-0.2, -0.15) is 0 Å². The van der Waals surface area contributed by atoms with Crippen molar-refractivity contribution >= 4 is 5.91 Å². The van der Waals surface area contributed by atoms with Crippen LogP contribution in [0.4, 0.5) is 0 Å². The van der Waals surface area contributed by atoms with E-state index in [9.17, 15) is 4.79 Å². The minimum Gasteiger partial charge on any atom is -0.347 e. The number of carbonyl (C=O) groups excluding carboxylic acids is 1. The van der Waals surface area contributed by atoms with Gasteiger partial charge in [-0.3, -0.25) is 4.79 Å². The first kappa shape index (κ1) is 15.0. The monoisotopic (exact) mass is 274 g/mol. The zero-order chi connectivity index (χ0) is 14.8. The number of benzene rings is 1. The van der Waals surface area contributed by atoms with Crippen molar-refractivity contribution in [1.29, 1.82) is 0 Å². The van der Waals surface area contributed by atoms with Gasteiger partial charge in [0.15, 0.2) is 0 Å². The highest BCUT2D eigenvalue weighted by Gasteiger charge is 2.32. The lowest BCUT2D eigenvalue weighted by Crippen LogP contribution is -2.52. The Kier molecular flexibility index (Phi) is 4.48. The summed E-state index contributed by atoms with van der Waals surface area (Å²) in [4.78, 5) is 12.4. The van der Waals surface area contributed by atoms with Crippen molar-refractivity contribution in [2.24, 2.45) is 11.8 Å². The highest BCUT2D eigenvalue weighted by Crippen LogP contribution is 2.23. The predicted octanol–water partition coefficient (Wildman–Crippen LogP) is 2.46. The van der Waals surface area contributed by atoms with E-state index in [1.807, 2.05) is 6.92 Å². The van der Waals surface area contributed by atoms with Crippen LogP contribution in [-0.4, -0.2) is 19.0 Å². The molecule has 1 unspecified atom stereocenters. The van der Waals surface area contributed by atoms with Gasteiger partial charge in [0.1, 0.15) is 0 Å². The highest BCUT2D eigenvalue weighted by molar-refractivity contribution is 5.79. The molecule has 1 amide bonds. The Morgan fingerprint density at radius 3 is 2.40 bits per heavy atom. The number of hydrogen-bond donors (Lipinski definition) is 2. The first-order chi connectivity index (χ1) is 9.44. The topological polar surface area (TPSA) is 41.1 Å². The number of aryl methyl sites for hydroxylation is 1. The molecule has 1 aromatic carbocycles. The molecule has 0 saturated carbocycles. The first-order valence-electron chi connectivity index (χ1n) is 7.56. The van der Waals surface area contributed by atoms with Crippen LogP contribution in [0.2, 0.25) is 0 Å². The standard InChI is InChI=1S/C17H26N2O/c1-5-13-6-8-15(9-7-13)17(3,4)19-16(20)12(2)14-10-18-11-14/h6-9,12,14,18H,5,10-11H2,1-4H3,(H,19,20). The van der Waals surface area contributed by atoms with Gasteiger partial charge in [0.25, 0.3) is 0 Å². The van der Waals surface area contributed by atoms with E-state index in [0.29, 0.717) is 5.92 Å². The van der Waals surface area contributed by atoms with E-state index >= 15 is 0 Å². The second-order valence-corrected chi connectivity index (χ2v) is 6.37. The van der Waals surface area contributed by atoms with Gasteiger partial charge in [-0.1, -0.05) is 38.1 Å². The zero-order valence-corrected chi connectivity index (χ0v) is 13.0. The average molecular weight is 274 g/mol. The molecule has 1 heterocycles. The molecule has 3 heteroatoms. The van der Waals surface area contributed by atoms with E-state index in [4.69, 9.17) is 0 Å². The Balaban J connectivity index is 2.03. The molecular weight excluding hydrogens is 248 g/mol. The summed E-state index contributed by atoms with van der Waals surface area (Å²) in [6.45, 7) is 10.2. The Morgan fingerprint density at radius 1 is 1.35 bits per heavy atom. The van der Waals surface area contributed by atoms with Crippen molar-refractivity contribution in [3.63, 3.8) is 0 Å². The molecule has 0 bridgehead atoms. The molecule has 1 atom stereocenters. The number of nitrogens with one attached hydrogen (secondary N) is 2. The van der Waals surface area contributed by atoms with E-state index in [1.54, 1.807) is 0 Å². The van der Waals surface area contributed by atoms with Gasteiger partial charge in [-0.25, -0.2) is 0 Å². The molecule has 0 spiro atoms. The average Bonchev–Trinajstić information content (AvgIpc) is 2.36. The second kappa shape index (κ2) is 5.96. The first-order valence-corrected chi connectivity index (χ1v) is 7.56. The summed E-state index contributed by atoms with van der Waals surface area (Å²) in [5.74, 6) is 0.708. The maximum Gasteiger partial charge on any atom is 0.223 e. The van der Waals surface area contributed by atoms with E-state index in [0.717, 1.165) is 25.1 Å². The Bertz CT molecular complexity index is 460. The SMILES string of the molecule is CCc1ccc(C(C)(C)NC(=O)C(C)C2CNC2)cc1. The fraction of sp³-hybridized carbons (Fsp3) is 0.588. The summed E-state index contributed by atoms with van der Waals surface area (Å²) in [5.41, 5.74) is 2.15. The number of rotatable bonds is 5. The molecule has 0 radical (unpaired) electrons. The molecule has 1 aromatic rings. The summed E-state index contributed by atoms with van der Waals surface area (Å²) in [6, 6.07) is 8.52. The summed E-state index contributed by atoms with van der Waals surface area (Å²) in [5, 5.41) is 6.42. The molecule has 1 aliphatic rings. The molecule has 0 aliphatic carbocycles. The van der Waals surface area contributed by atoms with Crippen molar-refractivity contribution in [3.8, 4) is 0 Å². The van der Waals surface area contributed by atoms with Gasteiger partial charge < -0.3 is 10.6 Å². The summed E-state index contributed by atoms with van der Waals surface area (Å²) >= 11 is 0. The third-order valence-corrected chi connectivity index (χ3v) is 4.45. The normalized spacial score (nSPS) is 17.4. The van der Waals surface area contributed by atoms with Gasteiger partial charge in [0.05, 0.1) is 5.54 Å². The molecule has 0 aromatic heterocycles. The highest BCUT2D eigenvalue weighted by atomic mass is 16.2. The maximum absolute atomic E-state index is 12.4. The van der Waals surface area contributed by atoms with Crippen LogP contribution in [0, 0.1) is 11.8 Å². The third-order valence-electron chi connectivity index (χ3n) is 4.45. The van der Waals surface area contributed by atoms with Crippen molar-refractivity contribution in [1.82, 2.24) is 10.6 Å². The van der Waals surface area contributed by atoms with Crippen LogP contribution in [0.15, 0.2) is 24.3 Å². The molecule has 1 aliphatic heterocycles. The van der Waals surface area contributed by atoms with Crippen molar-refractivity contribution in [2.75, 3.05) is 13.1 Å². The molecule has 2 rings (SSSR count). The minimum absolute atomic E-state index is 0.0745. The molecule has 110 valence electrons. The largest absolute Gasteiger partial charge is 0.347 e. The lowest BCUT2D eigenvalue weighted by atomic mass is 9.86. The van der Waals surface area contributed by atoms with E-state index in [2.05, 4.69) is 55.7 Å². The van der Waals surface area contributed by atoms with Crippen LogP contribution >= 0.6 is 0 Å². The number of amides is 1. The van der Waals surface area contributed by atoms with Gasteiger partial charge in [0, 0.05) is 5.92 Å². The van der Waals surface area contributed by atoms with E-state index in [1.165, 1.54) is 5.56 Å². The van der Waals surface area contributed by atoms with Crippen LogP contribution in [-0.2, 0) is 16.8 Å². The number of carbonyl (C=O) groups is 1. The molecule has 1 saturated heterocycles. The van der Waals surface area contributed by atoms with Gasteiger partial charge in [-0.05, 0) is 50.4 Å². The van der Waals surface area contributed by atoms with Crippen LogP contribution in [0.1, 0.15) is 38.8 Å². The van der Waals surface area contributed by atoms with Crippen LogP contribution in [0.25, 0.3) is 0 Å². The van der Waals surface area contributed by atoms with Gasteiger partial charge >= 0.3 is 0 Å². The van der Waals surface area contributed by atoms with E-state index in [-0.39, 0.29) is 17.4 Å². The summed E-state index contributed by atoms with van der Waals surface area (Å²) in [7, 11) is 0. The minimum atomic E-state index is -0.325. The predicted molar refractivity (Wildman–Crippen MR) is 82.5 cm³/mol. The summed E-state index contributed by atoms with van der Waals surface area (Å²) < 4.78 is 0. The zero-order valence-electron chi connectivity index (χ0n) is 13.0. The van der Waals surface area contributed by atoms with Crippen LogP contribution in [0.3, 0.4) is 0 Å². The Hall–Kier alpha value is -1.35. The molecule has 2 N–H and O–H groups in total. The second-order valence-electron chi connectivity index (χ2n) is 6.37. The summed E-state index contributed by atoms with van der Waals surface area (Å²) in [6.07, 6.45) is 1.04. The van der Waals surface area contributed by atoms with E-state index < -0.39 is 0 Å². The van der Waals surface area contributed by atoms with Gasteiger partial charge in [-0.15, -0.1) is 0 Å². The Labute approximate surface area is 122 Å². The molecule has 20 heavy (non-hydrogen) atoms. The maximum atomic E-state index is 12.4. The molecule has 3 nitrogen and oxygen atoms in total. The fourth-order valence-corrected chi connectivity index (χ4v) is 2.53. The van der Waals surface area contributed by atoms with Crippen LogP contribution < -0.4 is 10.6 Å². The quantitative estimate of drug-likeness (QED) is 0.866. The van der Waals surface area contributed by atoms with Crippen molar-refractivity contribution < 1.29 is 4.79 Å². The fourth-order valence-electron chi connectivity index (χ4n) is 2.53. The number of hydrogen-bond acceptors (Lipinski definition) is 2. The van der Waals surface area contributed by atoms with Crippen molar-refractivity contribution in [2.45, 2.75) is 39.7 Å². The lowest BCUT2D eigenvalue weighted by molar-refractivity contribution is -0.128. The van der Waals surface area contributed by atoms with Crippen LogP contribution in [0.5, 0.6) is 0 Å². The molecular formula is C17H26N2O.